The summed E-state index contributed by atoms with van der Waals surface area (Å²) in [5.74, 6) is 1.33. The number of hydrogen-bond acceptors (Lipinski definition) is 4. The van der Waals surface area contributed by atoms with Crippen LogP contribution in [-0.2, 0) is 23.1 Å². The van der Waals surface area contributed by atoms with Gasteiger partial charge in [-0.1, -0.05) is 30.3 Å². The van der Waals surface area contributed by atoms with E-state index >= 15 is 0 Å². The monoisotopic (exact) mass is 428 g/mol. The molecule has 30 heavy (non-hydrogen) atoms. The first-order valence-corrected chi connectivity index (χ1v) is 10.8. The van der Waals surface area contributed by atoms with E-state index in [-0.39, 0.29) is 29.3 Å². The second kappa shape index (κ2) is 8.16. The Labute approximate surface area is 182 Å². The van der Waals surface area contributed by atoms with Crippen molar-refractivity contribution in [3.8, 4) is 0 Å². The Hall–Kier alpha value is -2.18. The highest BCUT2D eigenvalue weighted by molar-refractivity contribution is 5.85. The Morgan fingerprint density at radius 2 is 1.90 bits per heavy atom. The van der Waals surface area contributed by atoms with Gasteiger partial charge in [0.15, 0.2) is 0 Å². The molecular weight excluding hydrogens is 400 g/mol. The van der Waals surface area contributed by atoms with Gasteiger partial charge in [-0.2, -0.15) is 0 Å². The van der Waals surface area contributed by atoms with Crippen LogP contribution in [0, 0.1) is 0 Å². The van der Waals surface area contributed by atoms with E-state index in [9.17, 15) is 9.59 Å². The summed E-state index contributed by atoms with van der Waals surface area (Å²) in [5, 5.41) is 0. The summed E-state index contributed by atoms with van der Waals surface area (Å²) >= 11 is 0. The number of nitrogens with one attached hydrogen (secondary N) is 1. The number of likely N-dealkylation sites (tertiary alicyclic amines) is 1. The SMILES string of the molecule is Cl.N[C@@H](Cc1ccccc1)C(=O)N1CCC2(CCc3c2nc(C2CC2)[nH]c3=O)CC1. The van der Waals surface area contributed by atoms with Gasteiger partial charge in [-0.25, -0.2) is 4.98 Å². The molecule has 5 rings (SSSR count). The lowest BCUT2D eigenvalue weighted by Crippen LogP contribution is -2.51. The molecule has 6 nitrogen and oxygen atoms in total. The maximum atomic E-state index is 12.9. The second-order valence-corrected chi connectivity index (χ2v) is 8.95. The maximum absolute atomic E-state index is 12.9. The van der Waals surface area contributed by atoms with E-state index in [1.165, 1.54) is 0 Å². The number of aromatic amines is 1. The number of carbonyl (C=O) groups excluding carboxylic acids is 1. The molecule has 1 spiro atoms. The van der Waals surface area contributed by atoms with E-state index in [1.54, 1.807) is 0 Å². The minimum Gasteiger partial charge on any atom is -0.341 e. The molecule has 1 amide bonds. The fourth-order valence-electron chi connectivity index (χ4n) is 5.05. The predicted octanol–water partition coefficient (Wildman–Crippen LogP) is 2.45. The standard InChI is InChI=1S/C23H28N4O2.ClH/c24-18(14-15-4-2-1-3-5-15)22(29)27-12-10-23(11-13-27)9-8-17-19(23)25-20(16-6-7-16)26-21(17)28;/h1-5,16,18H,6-14,24H2,(H,25,26,28);1H/t18-;/m0./s1. The molecule has 0 unspecified atom stereocenters. The van der Waals surface area contributed by atoms with Crippen LogP contribution in [0.5, 0.6) is 0 Å². The first-order chi connectivity index (χ1) is 14.1. The minimum absolute atomic E-state index is 0. The van der Waals surface area contributed by atoms with Crippen LogP contribution in [0.4, 0.5) is 0 Å². The van der Waals surface area contributed by atoms with Crippen LogP contribution in [-0.4, -0.2) is 39.9 Å². The van der Waals surface area contributed by atoms with Crippen molar-refractivity contribution >= 4 is 18.3 Å². The van der Waals surface area contributed by atoms with Crippen molar-refractivity contribution in [3.63, 3.8) is 0 Å². The van der Waals surface area contributed by atoms with Gasteiger partial charge in [0.1, 0.15) is 5.82 Å². The molecule has 7 heteroatoms. The summed E-state index contributed by atoms with van der Waals surface area (Å²) in [7, 11) is 0. The van der Waals surface area contributed by atoms with E-state index in [1.807, 2.05) is 35.2 Å². The number of benzene rings is 1. The molecule has 0 bridgehead atoms. The lowest BCUT2D eigenvalue weighted by molar-refractivity contribution is -0.134. The Morgan fingerprint density at radius 3 is 2.57 bits per heavy atom. The molecule has 1 aromatic carbocycles. The van der Waals surface area contributed by atoms with E-state index in [0.717, 1.165) is 61.2 Å². The number of aromatic nitrogens is 2. The number of nitrogens with zero attached hydrogens (tertiary/aromatic N) is 2. The molecule has 2 fully saturated rings. The van der Waals surface area contributed by atoms with Crippen molar-refractivity contribution in [2.45, 2.75) is 62.3 Å². The Balaban J connectivity index is 0.00000218. The van der Waals surface area contributed by atoms with Crippen molar-refractivity contribution in [1.29, 1.82) is 0 Å². The highest BCUT2D eigenvalue weighted by Gasteiger charge is 2.45. The first-order valence-electron chi connectivity index (χ1n) is 10.8. The number of H-pyrrole nitrogens is 1. The highest BCUT2D eigenvalue weighted by atomic mass is 35.5. The van der Waals surface area contributed by atoms with Crippen molar-refractivity contribution in [3.05, 3.63) is 63.3 Å². The van der Waals surface area contributed by atoms with Crippen LogP contribution in [0.2, 0.25) is 0 Å². The fourth-order valence-corrected chi connectivity index (χ4v) is 5.05. The third kappa shape index (κ3) is 3.79. The zero-order valence-corrected chi connectivity index (χ0v) is 17.9. The van der Waals surface area contributed by atoms with E-state index in [0.29, 0.717) is 25.4 Å². The van der Waals surface area contributed by atoms with Crippen LogP contribution >= 0.6 is 12.4 Å². The first kappa shape index (κ1) is 21.1. The Kier molecular flexibility index (Phi) is 5.73. The van der Waals surface area contributed by atoms with Crippen LogP contribution < -0.4 is 11.3 Å². The summed E-state index contributed by atoms with van der Waals surface area (Å²) in [6.07, 6.45) is 6.29. The predicted molar refractivity (Wildman–Crippen MR) is 118 cm³/mol. The zero-order chi connectivity index (χ0) is 20.0. The van der Waals surface area contributed by atoms with Crippen molar-refractivity contribution in [1.82, 2.24) is 14.9 Å². The van der Waals surface area contributed by atoms with Gasteiger partial charge in [-0.3, -0.25) is 9.59 Å². The normalized spacial score (nSPS) is 20.5. The number of amides is 1. The molecule has 1 atom stereocenters. The summed E-state index contributed by atoms with van der Waals surface area (Å²) in [6, 6.07) is 9.42. The third-order valence-electron chi connectivity index (χ3n) is 7.00. The van der Waals surface area contributed by atoms with Gasteiger partial charge in [0, 0.05) is 30.0 Å². The third-order valence-corrected chi connectivity index (χ3v) is 7.00. The lowest BCUT2D eigenvalue weighted by Gasteiger charge is -2.40. The maximum Gasteiger partial charge on any atom is 0.254 e. The Morgan fingerprint density at radius 1 is 1.20 bits per heavy atom. The molecule has 2 heterocycles. The van der Waals surface area contributed by atoms with Gasteiger partial charge >= 0.3 is 0 Å². The van der Waals surface area contributed by atoms with Gasteiger partial charge in [0.2, 0.25) is 5.91 Å². The average Bonchev–Trinajstić information content (AvgIpc) is 3.53. The zero-order valence-electron chi connectivity index (χ0n) is 17.1. The minimum atomic E-state index is -0.509. The number of rotatable bonds is 4. The van der Waals surface area contributed by atoms with Crippen LogP contribution in [0.3, 0.4) is 0 Å². The van der Waals surface area contributed by atoms with E-state index < -0.39 is 6.04 Å². The van der Waals surface area contributed by atoms with Gasteiger partial charge in [-0.15, -0.1) is 12.4 Å². The smallest absolute Gasteiger partial charge is 0.254 e. The van der Waals surface area contributed by atoms with Crippen molar-refractivity contribution < 1.29 is 4.79 Å². The molecule has 1 aromatic heterocycles. The quantitative estimate of drug-likeness (QED) is 0.782. The number of carbonyl (C=O) groups is 1. The number of halogens is 1. The largest absolute Gasteiger partial charge is 0.341 e. The molecule has 3 aliphatic rings. The van der Waals surface area contributed by atoms with Gasteiger partial charge in [0.25, 0.3) is 5.56 Å². The molecule has 160 valence electrons. The average molecular weight is 429 g/mol. The van der Waals surface area contributed by atoms with Crippen LogP contribution in [0.1, 0.15) is 60.7 Å². The molecule has 1 saturated heterocycles. The summed E-state index contributed by atoms with van der Waals surface area (Å²) < 4.78 is 0. The van der Waals surface area contributed by atoms with Crippen molar-refractivity contribution in [2.75, 3.05) is 13.1 Å². The van der Waals surface area contributed by atoms with Crippen molar-refractivity contribution in [2.24, 2.45) is 5.73 Å². The van der Waals surface area contributed by atoms with Gasteiger partial charge in [0.05, 0.1) is 11.7 Å². The molecular formula is C23H29ClN4O2. The Bertz CT molecular complexity index is 978. The highest BCUT2D eigenvalue weighted by Crippen LogP contribution is 2.46. The lowest BCUT2D eigenvalue weighted by atomic mass is 9.76. The number of nitrogens with two attached hydrogens (primary N) is 1. The molecule has 3 N–H and O–H groups in total. The molecule has 2 aliphatic carbocycles. The number of piperidine rings is 1. The molecule has 1 aliphatic heterocycles. The van der Waals surface area contributed by atoms with Gasteiger partial charge in [-0.05, 0) is 50.5 Å². The summed E-state index contributed by atoms with van der Waals surface area (Å²) in [6.45, 7) is 1.38. The van der Waals surface area contributed by atoms with Crippen LogP contribution in [0.25, 0.3) is 0 Å². The fraction of sp³-hybridized carbons (Fsp3) is 0.522. The topological polar surface area (TPSA) is 92.1 Å². The summed E-state index contributed by atoms with van der Waals surface area (Å²) in [5.41, 5.74) is 9.21. The van der Waals surface area contributed by atoms with E-state index in [2.05, 4.69) is 4.98 Å². The molecule has 0 radical (unpaired) electrons. The van der Waals surface area contributed by atoms with Gasteiger partial charge < -0.3 is 15.6 Å². The molecule has 2 aromatic rings. The molecule has 1 saturated carbocycles. The summed E-state index contributed by atoms with van der Waals surface area (Å²) in [4.78, 5) is 35.3. The van der Waals surface area contributed by atoms with Crippen LogP contribution in [0.15, 0.2) is 35.1 Å². The number of hydrogen-bond donors (Lipinski definition) is 2. The second-order valence-electron chi connectivity index (χ2n) is 8.95. The number of fused-ring (bicyclic) bond motifs is 2. The van der Waals surface area contributed by atoms with E-state index in [4.69, 9.17) is 10.7 Å².